The normalized spacial score (nSPS) is 13.5. The summed E-state index contributed by atoms with van der Waals surface area (Å²) in [7, 11) is 0. The van der Waals surface area contributed by atoms with E-state index in [-0.39, 0.29) is 0 Å². The Bertz CT molecular complexity index is 402. The van der Waals surface area contributed by atoms with Gasteiger partial charge in [-0.15, -0.1) is 0 Å². The molecule has 1 aliphatic carbocycles. The Morgan fingerprint density at radius 3 is 2.24 bits per heavy atom. The van der Waals surface area contributed by atoms with E-state index in [1.165, 1.54) is 23.1 Å². The molecule has 90 valence electrons. The maximum atomic E-state index is 2.19. The van der Waals surface area contributed by atoms with E-state index in [0.29, 0.717) is 0 Å². The number of aryl methyl sites for hydroxylation is 1. The smallest absolute Gasteiger partial charge is 0.00884 e. The van der Waals surface area contributed by atoms with Crippen molar-refractivity contribution in [3.63, 3.8) is 0 Å². The molecule has 0 radical (unpaired) electrons. The Balaban J connectivity index is 0.000000437. The summed E-state index contributed by atoms with van der Waals surface area (Å²) in [5, 5.41) is 0. The molecule has 0 spiro atoms. The van der Waals surface area contributed by atoms with Gasteiger partial charge in [0.25, 0.3) is 0 Å². The highest BCUT2D eigenvalue weighted by Gasteiger charge is 1.99. The van der Waals surface area contributed by atoms with Gasteiger partial charge >= 0.3 is 0 Å². The van der Waals surface area contributed by atoms with E-state index in [0.717, 1.165) is 6.42 Å². The first-order valence-electron chi connectivity index (χ1n) is 6.37. The zero-order valence-electron chi connectivity index (χ0n) is 11.1. The summed E-state index contributed by atoms with van der Waals surface area (Å²) in [4.78, 5) is 0. The molecule has 0 aromatic heterocycles. The molecule has 0 N–H and O–H groups in total. The number of hydrogen-bond acceptors (Lipinski definition) is 0. The average molecular weight is 226 g/mol. The van der Waals surface area contributed by atoms with Crippen LogP contribution in [0, 0.1) is 6.92 Å². The van der Waals surface area contributed by atoms with Crippen LogP contribution >= 0.6 is 0 Å². The Kier molecular flexibility index (Phi) is 6.09. The van der Waals surface area contributed by atoms with Crippen molar-refractivity contribution in [3.05, 3.63) is 65.8 Å². The van der Waals surface area contributed by atoms with Gasteiger partial charge in [-0.3, -0.25) is 0 Å². The van der Waals surface area contributed by atoms with Crippen LogP contribution < -0.4 is 0 Å². The highest BCUT2D eigenvalue weighted by molar-refractivity contribution is 5.69. The summed E-state index contributed by atoms with van der Waals surface area (Å²) >= 11 is 0. The van der Waals surface area contributed by atoms with E-state index >= 15 is 0 Å². The second-order valence-electron chi connectivity index (χ2n) is 4.28. The molecule has 0 bridgehead atoms. The van der Waals surface area contributed by atoms with Gasteiger partial charge in [0.05, 0.1) is 0 Å². The van der Waals surface area contributed by atoms with E-state index < -0.39 is 0 Å². The summed E-state index contributed by atoms with van der Waals surface area (Å²) in [6, 6.07) is 8.70. The van der Waals surface area contributed by atoms with Gasteiger partial charge in [-0.1, -0.05) is 80.5 Å². The third kappa shape index (κ3) is 4.86. The monoisotopic (exact) mass is 226 g/mol. The van der Waals surface area contributed by atoms with Crippen molar-refractivity contribution in [3.8, 4) is 0 Å². The van der Waals surface area contributed by atoms with Gasteiger partial charge in [0.2, 0.25) is 0 Å². The van der Waals surface area contributed by atoms with E-state index in [9.17, 15) is 0 Å². The Morgan fingerprint density at radius 1 is 0.941 bits per heavy atom. The highest BCUT2D eigenvalue weighted by Crippen LogP contribution is 2.20. The molecule has 17 heavy (non-hydrogen) atoms. The number of rotatable bonds is 1. The average Bonchev–Trinajstić information content (AvgIpc) is 2.60. The molecule has 0 amide bonds. The fourth-order valence-corrected chi connectivity index (χ4v) is 1.56. The van der Waals surface area contributed by atoms with Crippen LogP contribution in [0.25, 0.3) is 5.57 Å². The molecule has 0 nitrogen and oxygen atoms in total. The minimum atomic E-state index is 1.02. The molecule has 0 heteroatoms. The third-order valence-corrected chi connectivity index (χ3v) is 2.42. The first kappa shape index (κ1) is 13.5. The van der Waals surface area contributed by atoms with Gasteiger partial charge in [-0.2, -0.15) is 0 Å². The molecule has 1 aromatic rings. The standard InChI is InChI=1S/C14H14.C3H8/c1-12-8-10-14(11-9-12)13-6-4-2-3-5-7-13;1-3-2/h2-6,8-11H,7H2,1H3;3H2,1-2H3. The Hall–Kier alpha value is -1.56. The van der Waals surface area contributed by atoms with Crippen molar-refractivity contribution in [1.82, 2.24) is 0 Å². The molecule has 0 aliphatic heterocycles. The lowest BCUT2D eigenvalue weighted by molar-refractivity contribution is 1.09. The maximum Gasteiger partial charge on any atom is -0.00884 e. The quantitative estimate of drug-likeness (QED) is 0.608. The second-order valence-corrected chi connectivity index (χ2v) is 4.28. The van der Waals surface area contributed by atoms with Gasteiger partial charge in [0, 0.05) is 0 Å². The van der Waals surface area contributed by atoms with Crippen LogP contribution in [0.3, 0.4) is 0 Å². The van der Waals surface area contributed by atoms with Crippen molar-refractivity contribution in [2.45, 2.75) is 33.6 Å². The fourth-order valence-electron chi connectivity index (χ4n) is 1.56. The van der Waals surface area contributed by atoms with Crippen LogP contribution in [-0.2, 0) is 0 Å². The van der Waals surface area contributed by atoms with Crippen LogP contribution in [0.2, 0.25) is 0 Å². The number of allylic oxidation sites excluding steroid dienone is 6. The lowest BCUT2D eigenvalue weighted by atomic mass is 10.0. The summed E-state index contributed by atoms with van der Waals surface area (Å²) < 4.78 is 0. The van der Waals surface area contributed by atoms with Gasteiger partial charge in [0.15, 0.2) is 0 Å². The molecule has 0 fully saturated rings. The summed E-state index contributed by atoms with van der Waals surface area (Å²) in [6.45, 7) is 6.37. The molecular weight excluding hydrogens is 204 g/mol. The van der Waals surface area contributed by atoms with Crippen molar-refractivity contribution in [2.24, 2.45) is 0 Å². The predicted molar refractivity (Wildman–Crippen MR) is 78.0 cm³/mol. The minimum Gasteiger partial charge on any atom is -0.0801 e. The van der Waals surface area contributed by atoms with E-state index in [4.69, 9.17) is 0 Å². The zero-order valence-corrected chi connectivity index (χ0v) is 11.1. The van der Waals surface area contributed by atoms with E-state index in [1.54, 1.807) is 0 Å². The molecule has 2 rings (SSSR count). The van der Waals surface area contributed by atoms with Crippen LogP contribution in [0.15, 0.2) is 54.6 Å². The van der Waals surface area contributed by atoms with Crippen LogP contribution in [0.4, 0.5) is 0 Å². The fraction of sp³-hybridized carbons (Fsp3) is 0.294. The highest BCUT2D eigenvalue weighted by atomic mass is 14.0. The van der Waals surface area contributed by atoms with Gasteiger partial charge in [0.1, 0.15) is 0 Å². The van der Waals surface area contributed by atoms with Crippen LogP contribution in [-0.4, -0.2) is 0 Å². The molecule has 0 saturated carbocycles. The zero-order chi connectivity index (χ0) is 12.5. The minimum absolute atomic E-state index is 1.02. The number of hydrogen-bond donors (Lipinski definition) is 0. The van der Waals surface area contributed by atoms with Crippen molar-refractivity contribution in [2.75, 3.05) is 0 Å². The Labute approximate surface area is 105 Å². The van der Waals surface area contributed by atoms with Gasteiger partial charge in [-0.25, -0.2) is 0 Å². The third-order valence-electron chi connectivity index (χ3n) is 2.42. The molecule has 0 heterocycles. The number of benzene rings is 1. The largest absolute Gasteiger partial charge is 0.0801 e. The van der Waals surface area contributed by atoms with Crippen molar-refractivity contribution in [1.29, 1.82) is 0 Å². The molecule has 0 unspecified atom stereocenters. The van der Waals surface area contributed by atoms with Gasteiger partial charge < -0.3 is 0 Å². The van der Waals surface area contributed by atoms with E-state index in [2.05, 4.69) is 75.4 Å². The van der Waals surface area contributed by atoms with Gasteiger partial charge in [-0.05, 0) is 24.5 Å². The van der Waals surface area contributed by atoms with E-state index in [1.807, 2.05) is 0 Å². The summed E-state index contributed by atoms with van der Waals surface area (Å²) in [5.41, 5.74) is 4.02. The molecule has 0 saturated heterocycles. The lowest BCUT2D eigenvalue weighted by Gasteiger charge is -2.04. The summed E-state index contributed by atoms with van der Waals surface area (Å²) in [6.07, 6.45) is 12.9. The topological polar surface area (TPSA) is 0 Å². The van der Waals surface area contributed by atoms with Crippen molar-refractivity contribution < 1.29 is 0 Å². The molecule has 1 aliphatic rings. The first-order chi connectivity index (χ1) is 8.27. The maximum absolute atomic E-state index is 2.19. The molecular formula is C17H22. The lowest BCUT2D eigenvalue weighted by Crippen LogP contribution is -1.82. The summed E-state index contributed by atoms with van der Waals surface area (Å²) in [5.74, 6) is 0. The van der Waals surface area contributed by atoms with Crippen LogP contribution in [0.1, 0.15) is 37.8 Å². The Morgan fingerprint density at radius 2 is 1.59 bits per heavy atom. The molecule has 0 atom stereocenters. The molecule has 1 aromatic carbocycles. The predicted octanol–water partition coefficient (Wildman–Crippen LogP) is 5.31. The second kappa shape index (κ2) is 7.67. The first-order valence-corrected chi connectivity index (χ1v) is 6.37. The van der Waals surface area contributed by atoms with Crippen LogP contribution in [0.5, 0.6) is 0 Å². The SMILES string of the molecule is CCC.Cc1ccc(C2=CC=CC=CC2)cc1. The van der Waals surface area contributed by atoms with Crippen molar-refractivity contribution >= 4 is 5.57 Å².